The standard InChI is InChI=1S/C16H27N3O2.ClH/c1-12-3-2-6-19(11-12)15(20)13-4-7-18(8-5-13)16(21)14-9-17-10-14;/h12-14,17H,2-11H2,1H3;1H. The Kier molecular flexibility index (Phi) is 6.09. The van der Waals surface area contributed by atoms with E-state index >= 15 is 0 Å². The number of carbonyl (C=O) groups excluding carboxylic acids is 2. The summed E-state index contributed by atoms with van der Waals surface area (Å²) in [4.78, 5) is 28.8. The Morgan fingerprint density at radius 3 is 2.09 bits per heavy atom. The third kappa shape index (κ3) is 3.74. The summed E-state index contributed by atoms with van der Waals surface area (Å²) < 4.78 is 0. The van der Waals surface area contributed by atoms with E-state index in [2.05, 4.69) is 17.1 Å². The molecule has 3 aliphatic rings. The summed E-state index contributed by atoms with van der Waals surface area (Å²) in [6.45, 7) is 7.24. The number of hydrogen-bond donors (Lipinski definition) is 1. The van der Waals surface area contributed by atoms with E-state index in [0.29, 0.717) is 11.8 Å². The highest BCUT2D eigenvalue weighted by molar-refractivity contribution is 5.85. The van der Waals surface area contributed by atoms with Crippen molar-refractivity contribution in [3.05, 3.63) is 0 Å². The smallest absolute Gasteiger partial charge is 0.228 e. The first-order valence-corrected chi connectivity index (χ1v) is 8.43. The minimum absolute atomic E-state index is 0. The zero-order valence-corrected chi connectivity index (χ0v) is 14.2. The molecule has 3 saturated heterocycles. The van der Waals surface area contributed by atoms with E-state index in [-0.39, 0.29) is 30.2 Å². The van der Waals surface area contributed by atoms with Crippen molar-refractivity contribution >= 4 is 24.2 Å². The predicted molar refractivity (Wildman–Crippen MR) is 87.9 cm³/mol. The monoisotopic (exact) mass is 329 g/mol. The molecule has 1 unspecified atom stereocenters. The van der Waals surface area contributed by atoms with Crippen LogP contribution in [-0.2, 0) is 9.59 Å². The molecule has 1 N–H and O–H groups in total. The molecule has 0 aromatic carbocycles. The molecule has 0 bridgehead atoms. The second-order valence-corrected chi connectivity index (χ2v) is 6.99. The molecule has 2 amide bonds. The molecule has 3 fully saturated rings. The predicted octanol–water partition coefficient (Wildman–Crippen LogP) is 1.12. The minimum Gasteiger partial charge on any atom is -0.342 e. The summed E-state index contributed by atoms with van der Waals surface area (Å²) in [5, 5.41) is 3.15. The Morgan fingerprint density at radius 1 is 0.909 bits per heavy atom. The molecule has 3 aliphatic heterocycles. The number of carbonyl (C=O) groups is 2. The van der Waals surface area contributed by atoms with Gasteiger partial charge in [-0.3, -0.25) is 9.59 Å². The van der Waals surface area contributed by atoms with Crippen LogP contribution in [0.4, 0.5) is 0 Å². The Bertz CT molecular complexity index is 406. The van der Waals surface area contributed by atoms with Gasteiger partial charge in [-0.25, -0.2) is 0 Å². The van der Waals surface area contributed by atoms with E-state index in [4.69, 9.17) is 0 Å². The maximum absolute atomic E-state index is 12.6. The second-order valence-electron chi connectivity index (χ2n) is 6.99. The SMILES string of the molecule is CC1CCCN(C(=O)C2CCN(C(=O)C3CNC3)CC2)C1.Cl. The van der Waals surface area contributed by atoms with Crippen LogP contribution in [0.3, 0.4) is 0 Å². The highest BCUT2D eigenvalue weighted by atomic mass is 35.5. The summed E-state index contributed by atoms with van der Waals surface area (Å²) in [6, 6.07) is 0. The molecule has 0 aromatic rings. The lowest BCUT2D eigenvalue weighted by atomic mass is 9.91. The van der Waals surface area contributed by atoms with Gasteiger partial charge < -0.3 is 15.1 Å². The second kappa shape index (κ2) is 7.64. The molecular formula is C16H28ClN3O2. The summed E-state index contributed by atoms with van der Waals surface area (Å²) in [5.74, 6) is 1.57. The molecule has 1 atom stereocenters. The fraction of sp³-hybridized carbons (Fsp3) is 0.875. The first-order valence-electron chi connectivity index (χ1n) is 8.43. The topological polar surface area (TPSA) is 52.7 Å². The Labute approximate surface area is 139 Å². The van der Waals surface area contributed by atoms with Gasteiger partial charge in [-0.1, -0.05) is 6.92 Å². The fourth-order valence-electron chi connectivity index (χ4n) is 3.72. The van der Waals surface area contributed by atoms with Crippen molar-refractivity contribution in [2.75, 3.05) is 39.3 Å². The van der Waals surface area contributed by atoms with E-state index in [1.54, 1.807) is 0 Å². The van der Waals surface area contributed by atoms with Crippen molar-refractivity contribution in [1.29, 1.82) is 0 Å². The van der Waals surface area contributed by atoms with Crippen LogP contribution in [0.25, 0.3) is 0 Å². The number of amides is 2. The quantitative estimate of drug-likeness (QED) is 0.826. The number of likely N-dealkylation sites (tertiary alicyclic amines) is 2. The zero-order valence-electron chi connectivity index (χ0n) is 13.4. The third-order valence-electron chi connectivity index (χ3n) is 5.26. The van der Waals surface area contributed by atoms with Crippen molar-refractivity contribution in [2.24, 2.45) is 17.8 Å². The van der Waals surface area contributed by atoms with Crippen LogP contribution < -0.4 is 5.32 Å². The minimum atomic E-state index is 0. The van der Waals surface area contributed by atoms with Crippen molar-refractivity contribution in [3.63, 3.8) is 0 Å². The van der Waals surface area contributed by atoms with Crippen LogP contribution in [0.5, 0.6) is 0 Å². The average molecular weight is 330 g/mol. The number of rotatable bonds is 2. The van der Waals surface area contributed by atoms with E-state index in [1.165, 1.54) is 6.42 Å². The van der Waals surface area contributed by atoms with Crippen molar-refractivity contribution in [1.82, 2.24) is 15.1 Å². The molecule has 0 radical (unpaired) electrons. The van der Waals surface area contributed by atoms with Crippen LogP contribution in [0.2, 0.25) is 0 Å². The fourth-order valence-corrected chi connectivity index (χ4v) is 3.72. The lowest BCUT2D eigenvalue weighted by molar-refractivity contribution is -0.144. The van der Waals surface area contributed by atoms with Gasteiger partial charge in [0, 0.05) is 45.2 Å². The molecule has 6 heteroatoms. The maximum Gasteiger partial charge on any atom is 0.228 e. The summed E-state index contributed by atoms with van der Waals surface area (Å²) >= 11 is 0. The van der Waals surface area contributed by atoms with Crippen LogP contribution in [0, 0.1) is 17.8 Å². The van der Waals surface area contributed by atoms with Crippen molar-refractivity contribution in [2.45, 2.75) is 32.6 Å². The van der Waals surface area contributed by atoms with Gasteiger partial charge in [0.25, 0.3) is 0 Å². The van der Waals surface area contributed by atoms with E-state index in [1.807, 2.05) is 4.90 Å². The van der Waals surface area contributed by atoms with Crippen LogP contribution in [0.15, 0.2) is 0 Å². The van der Waals surface area contributed by atoms with Gasteiger partial charge in [0.15, 0.2) is 0 Å². The van der Waals surface area contributed by atoms with E-state index < -0.39 is 0 Å². The molecule has 126 valence electrons. The van der Waals surface area contributed by atoms with Crippen molar-refractivity contribution < 1.29 is 9.59 Å². The van der Waals surface area contributed by atoms with Crippen LogP contribution in [-0.4, -0.2) is 60.9 Å². The third-order valence-corrected chi connectivity index (χ3v) is 5.26. The lowest BCUT2D eigenvalue weighted by Gasteiger charge is -2.39. The summed E-state index contributed by atoms with van der Waals surface area (Å²) in [6.07, 6.45) is 4.07. The van der Waals surface area contributed by atoms with Gasteiger partial charge in [0.2, 0.25) is 11.8 Å². The molecular weight excluding hydrogens is 302 g/mol. The van der Waals surface area contributed by atoms with Gasteiger partial charge >= 0.3 is 0 Å². The van der Waals surface area contributed by atoms with E-state index in [0.717, 1.165) is 58.5 Å². The van der Waals surface area contributed by atoms with Gasteiger partial charge in [-0.15, -0.1) is 12.4 Å². The average Bonchev–Trinajstić information content (AvgIpc) is 2.45. The first kappa shape index (κ1) is 17.5. The Morgan fingerprint density at radius 2 is 1.55 bits per heavy atom. The Balaban J connectivity index is 0.00000176. The molecule has 3 rings (SSSR count). The van der Waals surface area contributed by atoms with Crippen LogP contribution in [0.1, 0.15) is 32.6 Å². The highest BCUT2D eigenvalue weighted by Crippen LogP contribution is 2.24. The van der Waals surface area contributed by atoms with E-state index in [9.17, 15) is 9.59 Å². The number of hydrogen-bond acceptors (Lipinski definition) is 3. The van der Waals surface area contributed by atoms with Gasteiger partial charge in [-0.05, 0) is 31.6 Å². The first-order chi connectivity index (χ1) is 10.1. The summed E-state index contributed by atoms with van der Waals surface area (Å²) in [7, 11) is 0. The summed E-state index contributed by atoms with van der Waals surface area (Å²) in [5.41, 5.74) is 0. The lowest BCUT2D eigenvalue weighted by Crippen LogP contribution is -2.54. The molecule has 3 heterocycles. The Hall–Kier alpha value is -0.810. The van der Waals surface area contributed by atoms with Gasteiger partial charge in [0.1, 0.15) is 0 Å². The van der Waals surface area contributed by atoms with Crippen LogP contribution >= 0.6 is 12.4 Å². The zero-order chi connectivity index (χ0) is 14.8. The number of piperidine rings is 2. The molecule has 22 heavy (non-hydrogen) atoms. The molecule has 0 aromatic heterocycles. The number of nitrogens with one attached hydrogen (secondary N) is 1. The van der Waals surface area contributed by atoms with Gasteiger partial charge in [-0.2, -0.15) is 0 Å². The number of halogens is 1. The maximum atomic E-state index is 12.6. The number of nitrogens with zero attached hydrogens (tertiary/aromatic N) is 2. The largest absolute Gasteiger partial charge is 0.342 e. The molecule has 0 saturated carbocycles. The molecule has 5 nitrogen and oxygen atoms in total. The molecule has 0 aliphatic carbocycles. The van der Waals surface area contributed by atoms with Gasteiger partial charge in [0.05, 0.1) is 5.92 Å². The van der Waals surface area contributed by atoms with Crippen molar-refractivity contribution in [3.8, 4) is 0 Å². The highest BCUT2D eigenvalue weighted by Gasteiger charge is 2.35. The molecule has 0 spiro atoms. The normalized spacial score (nSPS) is 27.0.